The number of rotatable bonds is 6. The van der Waals surface area contributed by atoms with Crippen molar-refractivity contribution in [1.29, 1.82) is 0 Å². The van der Waals surface area contributed by atoms with Crippen molar-refractivity contribution in [3.8, 4) is 0 Å². The van der Waals surface area contributed by atoms with Crippen LogP contribution >= 0.6 is 0 Å². The molecule has 0 aromatic heterocycles. The zero-order valence-corrected chi connectivity index (χ0v) is 10.8. The van der Waals surface area contributed by atoms with Crippen LogP contribution in [-0.4, -0.2) is 32.6 Å². The number of nitrogens with one attached hydrogen (secondary N) is 2. The predicted octanol–water partition coefficient (Wildman–Crippen LogP) is 1.69. The van der Waals surface area contributed by atoms with Crippen molar-refractivity contribution in [3.63, 3.8) is 0 Å². The van der Waals surface area contributed by atoms with Gasteiger partial charge in [0.1, 0.15) is 0 Å². The fraction of sp³-hybridized carbons (Fsp3) is 0.462. The molecule has 0 saturated carbocycles. The molecule has 1 rings (SSSR count). The number of anilines is 2. The van der Waals surface area contributed by atoms with Crippen molar-refractivity contribution in [2.24, 2.45) is 0 Å². The van der Waals surface area contributed by atoms with Crippen molar-refractivity contribution in [2.75, 3.05) is 36.9 Å². The fourth-order valence-electron chi connectivity index (χ4n) is 1.69. The predicted molar refractivity (Wildman–Crippen MR) is 72.6 cm³/mol. The first-order chi connectivity index (χ1) is 8.17. The van der Waals surface area contributed by atoms with Gasteiger partial charge < -0.3 is 15.5 Å². The number of nitrogens with zero attached hydrogens (tertiary/aromatic N) is 1. The minimum Gasteiger partial charge on any atom is -0.388 e. The van der Waals surface area contributed by atoms with Gasteiger partial charge >= 0.3 is 0 Å². The third kappa shape index (κ3) is 4.34. The quantitative estimate of drug-likeness (QED) is 0.788. The van der Waals surface area contributed by atoms with Crippen molar-refractivity contribution in [3.05, 3.63) is 24.3 Å². The first-order valence-corrected chi connectivity index (χ1v) is 5.94. The van der Waals surface area contributed by atoms with E-state index in [1.807, 2.05) is 19.2 Å². The molecule has 17 heavy (non-hydrogen) atoms. The van der Waals surface area contributed by atoms with E-state index in [0.29, 0.717) is 6.54 Å². The highest BCUT2D eigenvalue weighted by Crippen LogP contribution is 2.18. The van der Waals surface area contributed by atoms with Gasteiger partial charge in [-0.2, -0.15) is 0 Å². The van der Waals surface area contributed by atoms with Gasteiger partial charge in [-0.25, -0.2) is 0 Å². The molecular formula is C13H21N3O. The minimum absolute atomic E-state index is 0.0185. The van der Waals surface area contributed by atoms with E-state index in [9.17, 15) is 4.79 Å². The Kier molecular flexibility index (Phi) is 5.33. The standard InChI is InChI=1S/C13H21N3O/c1-4-16(9-8-15-11(2)17)13-7-5-6-12(10-13)14-3/h5-7,10,14H,4,8-9H2,1-3H3,(H,15,17). The van der Waals surface area contributed by atoms with Gasteiger partial charge in [-0.15, -0.1) is 0 Å². The van der Waals surface area contributed by atoms with Crippen molar-refractivity contribution < 1.29 is 4.79 Å². The highest BCUT2D eigenvalue weighted by molar-refractivity contribution is 5.72. The molecule has 0 radical (unpaired) electrons. The second-order valence-electron chi connectivity index (χ2n) is 3.86. The highest BCUT2D eigenvalue weighted by Gasteiger charge is 2.04. The summed E-state index contributed by atoms with van der Waals surface area (Å²) in [4.78, 5) is 13.0. The molecular weight excluding hydrogens is 214 g/mol. The molecule has 0 spiro atoms. The molecule has 0 aliphatic carbocycles. The summed E-state index contributed by atoms with van der Waals surface area (Å²) < 4.78 is 0. The Morgan fingerprint density at radius 3 is 2.76 bits per heavy atom. The van der Waals surface area contributed by atoms with E-state index < -0.39 is 0 Å². The molecule has 0 heterocycles. The Balaban J connectivity index is 2.62. The van der Waals surface area contributed by atoms with Gasteiger partial charge in [-0.3, -0.25) is 4.79 Å². The van der Waals surface area contributed by atoms with E-state index in [2.05, 4.69) is 34.6 Å². The van der Waals surface area contributed by atoms with Crippen LogP contribution in [0.5, 0.6) is 0 Å². The second-order valence-corrected chi connectivity index (χ2v) is 3.86. The van der Waals surface area contributed by atoms with E-state index in [4.69, 9.17) is 0 Å². The number of benzene rings is 1. The first kappa shape index (κ1) is 13.4. The summed E-state index contributed by atoms with van der Waals surface area (Å²) in [5, 5.41) is 5.94. The molecule has 0 unspecified atom stereocenters. The molecule has 1 aromatic carbocycles. The summed E-state index contributed by atoms with van der Waals surface area (Å²) in [6, 6.07) is 8.25. The van der Waals surface area contributed by atoms with Gasteiger partial charge in [-0.1, -0.05) is 6.07 Å². The maximum Gasteiger partial charge on any atom is 0.216 e. The van der Waals surface area contributed by atoms with Crippen LogP contribution < -0.4 is 15.5 Å². The van der Waals surface area contributed by atoms with Gasteiger partial charge in [-0.05, 0) is 25.1 Å². The topological polar surface area (TPSA) is 44.4 Å². The third-order valence-electron chi connectivity index (χ3n) is 2.64. The summed E-state index contributed by atoms with van der Waals surface area (Å²) in [5.41, 5.74) is 2.27. The number of hydrogen-bond acceptors (Lipinski definition) is 3. The lowest BCUT2D eigenvalue weighted by Gasteiger charge is -2.23. The Bertz CT molecular complexity index is 365. The molecule has 2 N–H and O–H groups in total. The molecule has 0 fully saturated rings. The minimum atomic E-state index is 0.0185. The van der Waals surface area contributed by atoms with Gasteiger partial charge in [0.05, 0.1) is 0 Å². The SMILES string of the molecule is CCN(CCNC(C)=O)c1cccc(NC)c1. The Morgan fingerprint density at radius 2 is 2.18 bits per heavy atom. The average molecular weight is 235 g/mol. The van der Waals surface area contributed by atoms with E-state index >= 15 is 0 Å². The fourth-order valence-corrected chi connectivity index (χ4v) is 1.69. The lowest BCUT2D eigenvalue weighted by Crippen LogP contribution is -2.33. The molecule has 0 atom stereocenters. The van der Waals surface area contributed by atoms with Crippen molar-refractivity contribution >= 4 is 17.3 Å². The van der Waals surface area contributed by atoms with Crippen LogP contribution in [0.2, 0.25) is 0 Å². The number of amides is 1. The Labute approximate surface area is 103 Å². The number of carbonyl (C=O) groups excluding carboxylic acids is 1. The van der Waals surface area contributed by atoms with E-state index in [1.165, 1.54) is 12.6 Å². The maximum absolute atomic E-state index is 10.8. The molecule has 0 bridgehead atoms. The van der Waals surface area contributed by atoms with Crippen LogP contribution in [0.3, 0.4) is 0 Å². The number of carbonyl (C=O) groups is 1. The van der Waals surface area contributed by atoms with Crippen molar-refractivity contribution in [2.45, 2.75) is 13.8 Å². The summed E-state index contributed by atoms with van der Waals surface area (Å²) in [5.74, 6) is 0.0185. The zero-order chi connectivity index (χ0) is 12.7. The summed E-state index contributed by atoms with van der Waals surface area (Å²) in [6.07, 6.45) is 0. The molecule has 0 aliphatic heterocycles. The average Bonchev–Trinajstić information content (AvgIpc) is 2.34. The maximum atomic E-state index is 10.8. The number of likely N-dealkylation sites (N-methyl/N-ethyl adjacent to an activating group) is 1. The van der Waals surface area contributed by atoms with Gasteiger partial charge in [0, 0.05) is 45.0 Å². The summed E-state index contributed by atoms with van der Waals surface area (Å²) in [6.45, 7) is 6.07. The first-order valence-electron chi connectivity index (χ1n) is 5.94. The van der Waals surface area contributed by atoms with E-state index in [-0.39, 0.29) is 5.91 Å². The zero-order valence-electron chi connectivity index (χ0n) is 10.8. The number of hydrogen-bond donors (Lipinski definition) is 2. The molecule has 1 aromatic rings. The molecule has 94 valence electrons. The summed E-state index contributed by atoms with van der Waals surface area (Å²) in [7, 11) is 1.91. The molecule has 4 heteroatoms. The van der Waals surface area contributed by atoms with E-state index in [1.54, 1.807) is 0 Å². The van der Waals surface area contributed by atoms with Crippen LogP contribution in [0, 0.1) is 0 Å². The Hall–Kier alpha value is -1.71. The smallest absolute Gasteiger partial charge is 0.216 e. The monoisotopic (exact) mass is 235 g/mol. The Morgan fingerprint density at radius 1 is 1.41 bits per heavy atom. The lowest BCUT2D eigenvalue weighted by atomic mass is 10.2. The van der Waals surface area contributed by atoms with Crippen LogP contribution in [0.1, 0.15) is 13.8 Å². The molecule has 0 saturated heterocycles. The molecule has 1 amide bonds. The van der Waals surface area contributed by atoms with Crippen LogP contribution in [0.15, 0.2) is 24.3 Å². The normalized spacial score (nSPS) is 9.82. The second kappa shape index (κ2) is 6.78. The molecule has 4 nitrogen and oxygen atoms in total. The lowest BCUT2D eigenvalue weighted by molar-refractivity contribution is -0.118. The van der Waals surface area contributed by atoms with E-state index in [0.717, 1.165) is 18.8 Å². The van der Waals surface area contributed by atoms with Crippen LogP contribution in [-0.2, 0) is 4.79 Å². The third-order valence-corrected chi connectivity index (χ3v) is 2.64. The largest absolute Gasteiger partial charge is 0.388 e. The van der Waals surface area contributed by atoms with Crippen molar-refractivity contribution in [1.82, 2.24) is 5.32 Å². The van der Waals surface area contributed by atoms with Crippen LogP contribution in [0.25, 0.3) is 0 Å². The summed E-state index contributed by atoms with van der Waals surface area (Å²) >= 11 is 0. The van der Waals surface area contributed by atoms with Gasteiger partial charge in [0.2, 0.25) is 5.91 Å². The van der Waals surface area contributed by atoms with Gasteiger partial charge in [0.15, 0.2) is 0 Å². The highest BCUT2D eigenvalue weighted by atomic mass is 16.1. The van der Waals surface area contributed by atoms with Gasteiger partial charge in [0.25, 0.3) is 0 Å². The van der Waals surface area contributed by atoms with Crippen LogP contribution in [0.4, 0.5) is 11.4 Å². The molecule has 0 aliphatic rings.